The Morgan fingerprint density at radius 2 is 2.37 bits per heavy atom. The highest BCUT2D eigenvalue weighted by molar-refractivity contribution is 5.86. The summed E-state index contributed by atoms with van der Waals surface area (Å²) in [5.74, 6) is -0.949. The molecule has 0 aliphatic carbocycles. The van der Waals surface area contributed by atoms with Gasteiger partial charge in [-0.2, -0.15) is 5.26 Å². The monoisotopic (exact) mass is 261 g/mol. The van der Waals surface area contributed by atoms with Crippen LogP contribution in [0.2, 0.25) is 0 Å². The summed E-state index contributed by atoms with van der Waals surface area (Å²) in [6.07, 6.45) is 3.30. The molecule has 0 unspecified atom stereocenters. The Kier molecular flexibility index (Phi) is 4.14. The van der Waals surface area contributed by atoms with Crippen molar-refractivity contribution in [1.29, 1.82) is 5.26 Å². The van der Waals surface area contributed by atoms with Gasteiger partial charge in [0.15, 0.2) is 0 Å². The lowest BCUT2D eigenvalue weighted by molar-refractivity contribution is -0.144. The smallest absolute Gasteiger partial charge is 0.373 e. The van der Waals surface area contributed by atoms with Gasteiger partial charge in [-0.05, 0) is 37.1 Å². The van der Waals surface area contributed by atoms with Gasteiger partial charge in [0.25, 0.3) is 0 Å². The molecule has 1 aromatic carbocycles. The van der Waals surface area contributed by atoms with Crippen molar-refractivity contribution in [2.45, 2.75) is 19.4 Å². The highest BCUT2D eigenvalue weighted by Crippen LogP contribution is 2.15. The number of hydrogen-bond donors (Lipinski definition) is 0. The van der Waals surface area contributed by atoms with Gasteiger partial charge >= 0.3 is 5.97 Å². The molecule has 0 saturated heterocycles. The maximum atomic E-state index is 13.5. The van der Waals surface area contributed by atoms with Crippen LogP contribution in [0.3, 0.4) is 0 Å². The number of carbonyl (C=O) groups is 1. The number of benzene rings is 1. The van der Waals surface area contributed by atoms with E-state index in [-0.39, 0.29) is 17.9 Å². The number of hydrogen-bond acceptors (Lipinski definition) is 4. The molecule has 0 amide bonds. The number of nitriles is 1. The van der Waals surface area contributed by atoms with Gasteiger partial charge in [0, 0.05) is 5.56 Å². The van der Waals surface area contributed by atoms with Gasteiger partial charge in [0.2, 0.25) is 5.76 Å². The molecule has 1 aliphatic rings. The van der Waals surface area contributed by atoms with Crippen LogP contribution < -0.4 is 0 Å². The van der Waals surface area contributed by atoms with Gasteiger partial charge in [-0.25, -0.2) is 9.18 Å². The Labute approximate surface area is 110 Å². The van der Waals surface area contributed by atoms with E-state index in [9.17, 15) is 9.18 Å². The summed E-state index contributed by atoms with van der Waals surface area (Å²) in [6.45, 7) is 0.264. The average molecular weight is 261 g/mol. The molecule has 0 aromatic heterocycles. The van der Waals surface area contributed by atoms with E-state index in [1.54, 1.807) is 6.08 Å². The van der Waals surface area contributed by atoms with Crippen LogP contribution in [0.15, 0.2) is 30.0 Å². The van der Waals surface area contributed by atoms with Crippen molar-refractivity contribution in [2.24, 2.45) is 0 Å². The second-order valence-electron chi connectivity index (χ2n) is 4.05. The number of allylic oxidation sites excluding steroid dienone is 1. The van der Waals surface area contributed by atoms with E-state index in [0.29, 0.717) is 12.2 Å². The second kappa shape index (κ2) is 6.01. The molecular weight excluding hydrogens is 249 g/mol. The van der Waals surface area contributed by atoms with Crippen molar-refractivity contribution in [3.63, 3.8) is 0 Å². The Bertz CT molecular complexity index is 560. The molecule has 0 radical (unpaired) electrons. The first-order valence-corrected chi connectivity index (χ1v) is 5.89. The molecule has 5 heteroatoms. The van der Waals surface area contributed by atoms with Crippen molar-refractivity contribution < 1.29 is 18.7 Å². The lowest BCUT2D eigenvalue weighted by Gasteiger charge is -2.14. The first-order valence-electron chi connectivity index (χ1n) is 5.89. The summed E-state index contributed by atoms with van der Waals surface area (Å²) >= 11 is 0. The number of carbonyl (C=O) groups excluding carboxylic acids is 1. The molecule has 4 nitrogen and oxygen atoms in total. The van der Waals surface area contributed by atoms with Crippen molar-refractivity contribution in [3.8, 4) is 6.07 Å². The first-order chi connectivity index (χ1) is 9.20. The summed E-state index contributed by atoms with van der Waals surface area (Å²) < 4.78 is 23.6. The molecule has 19 heavy (non-hydrogen) atoms. The minimum Gasteiger partial charge on any atom is -0.487 e. The molecule has 98 valence electrons. The van der Waals surface area contributed by atoms with Crippen LogP contribution in [0, 0.1) is 17.1 Å². The van der Waals surface area contributed by atoms with Gasteiger partial charge in [0.1, 0.15) is 12.4 Å². The fourth-order valence-electron chi connectivity index (χ4n) is 1.67. The van der Waals surface area contributed by atoms with Crippen molar-refractivity contribution in [2.75, 3.05) is 6.61 Å². The first kappa shape index (κ1) is 13.1. The zero-order valence-corrected chi connectivity index (χ0v) is 10.2. The van der Waals surface area contributed by atoms with Crippen LogP contribution in [0.5, 0.6) is 0 Å². The van der Waals surface area contributed by atoms with Crippen LogP contribution in [0.1, 0.15) is 24.0 Å². The van der Waals surface area contributed by atoms with E-state index in [2.05, 4.69) is 0 Å². The number of rotatable bonds is 3. The van der Waals surface area contributed by atoms with Crippen LogP contribution in [-0.4, -0.2) is 12.6 Å². The van der Waals surface area contributed by atoms with E-state index >= 15 is 0 Å². The maximum absolute atomic E-state index is 13.5. The van der Waals surface area contributed by atoms with E-state index in [0.717, 1.165) is 12.8 Å². The summed E-state index contributed by atoms with van der Waals surface area (Å²) in [4.78, 5) is 11.6. The Balaban J connectivity index is 2.00. The minimum absolute atomic E-state index is 0.170. The molecule has 1 aliphatic heterocycles. The van der Waals surface area contributed by atoms with Crippen molar-refractivity contribution >= 4 is 5.97 Å². The molecule has 0 N–H and O–H groups in total. The zero-order valence-electron chi connectivity index (χ0n) is 10.2. The topological polar surface area (TPSA) is 59.3 Å². The van der Waals surface area contributed by atoms with E-state index in [1.165, 1.54) is 18.2 Å². The van der Waals surface area contributed by atoms with Crippen LogP contribution in [0.25, 0.3) is 0 Å². The number of halogens is 1. The number of ether oxygens (including phenoxy) is 2. The lowest BCUT2D eigenvalue weighted by Crippen LogP contribution is -2.14. The molecule has 0 fully saturated rings. The molecule has 0 bridgehead atoms. The van der Waals surface area contributed by atoms with E-state index < -0.39 is 11.8 Å². The second-order valence-corrected chi connectivity index (χ2v) is 4.05. The molecule has 0 saturated carbocycles. The van der Waals surface area contributed by atoms with E-state index in [4.69, 9.17) is 14.7 Å². The third-order valence-electron chi connectivity index (χ3n) is 2.67. The predicted molar refractivity (Wildman–Crippen MR) is 64.2 cm³/mol. The lowest BCUT2D eigenvalue weighted by atomic mass is 10.1. The van der Waals surface area contributed by atoms with Gasteiger partial charge in [-0.3, -0.25) is 0 Å². The van der Waals surface area contributed by atoms with Gasteiger partial charge in [-0.15, -0.1) is 0 Å². The maximum Gasteiger partial charge on any atom is 0.373 e. The van der Waals surface area contributed by atoms with Gasteiger partial charge in [-0.1, -0.05) is 0 Å². The molecule has 0 spiro atoms. The highest BCUT2D eigenvalue weighted by Gasteiger charge is 2.16. The zero-order chi connectivity index (χ0) is 13.7. The summed E-state index contributed by atoms with van der Waals surface area (Å²) in [5.41, 5.74) is 0.490. The fraction of sp³-hybridized carbons (Fsp3) is 0.286. The van der Waals surface area contributed by atoms with Crippen LogP contribution in [-0.2, 0) is 20.9 Å². The fourth-order valence-corrected chi connectivity index (χ4v) is 1.67. The third kappa shape index (κ3) is 3.32. The number of esters is 1. The highest BCUT2D eigenvalue weighted by atomic mass is 19.1. The largest absolute Gasteiger partial charge is 0.487 e. The standard InChI is InChI=1S/C14H12FNO3/c15-12-5-4-10(8-16)7-11(12)9-19-14(17)13-3-1-2-6-18-13/h3-5,7H,1-2,6,9H2. The van der Waals surface area contributed by atoms with Crippen molar-refractivity contribution in [3.05, 3.63) is 47.0 Å². The SMILES string of the molecule is N#Cc1ccc(F)c(COC(=O)C2=CCCCO2)c1. The molecular formula is C14H12FNO3. The van der Waals surface area contributed by atoms with Gasteiger partial charge < -0.3 is 9.47 Å². The molecule has 1 aromatic rings. The van der Waals surface area contributed by atoms with E-state index in [1.807, 2.05) is 6.07 Å². The summed E-state index contributed by atoms with van der Waals surface area (Å²) in [5, 5.41) is 8.72. The molecule has 2 rings (SSSR count). The Hall–Kier alpha value is -2.35. The normalized spacial score (nSPS) is 14.0. The van der Waals surface area contributed by atoms with Crippen LogP contribution in [0.4, 0.5) is 4.39 Å². The van der Waals surface area contributed by atoms with Crippen molar-refractivity contribution in [1.82, 2.24) is 0 Å². The molecule has 0 atom stereocenters. The Morgan fingerprint density at radius 1 is 1.53 bits per heavy atom. The third-order valence-corrected chi connectivity index (χ3v) is 2.67. The Morgan fingerprint density at radius 3 is 3.05 bits per heavy atom. The summed E-state index contributed by atoms with van der Waals surface area (Å²) in [7, 11) is 0. The minimum atomic E-state index is -0.610. The van der Waals surface area contributed by atoms with Gasteiger partial charge in [0.05, 0.1) is 18.2 Å². The summed E-state index contributed by atoms with van der Waals surface area (Å²) in [6, 6.07) is 5.81. The predicted octanol–water partition coefficient (Wildman–Crippen LogP) is 2.43. The number of nitrogens with zero attached hydrogens (tertiary/aromatic N) is 1. The van der Waals surface area contributed by atoms with Crippen LogP contribution >= 0.6 is 0 Å². The molecule has 1 heterocycles. The average Bonchev–Trinajstić information content (AvgIpc) is 2.47. The quantitative estimate of drug-likeness (QED) is 0.784.